The average Bonchev–Trinajstić information content (AvgIpc) is 2.81. The van der Waals surface area contributed by atoms with Crippen molar-refractivity contribution in [2.75, 3.05) is 26.2 Å². The molecule has 0 unspecified atom stereocenters. The second-order valence-electron chi connectivity index (χ2n) is 7.69. The molecule has 0 spiro atoms. The predicted molar refractivity (Wildman–Crippen MR) is 133 cm³/mol. The van der Waals surface area contributed by atoms with Gasteiger partial charge in [0.2, 0.25) is 0 Å². The monoisotopic (exact) mass is 532 g/mol. The van der Waals surface area contributed by atoms with Crippen molar-refractivity contribution in [1.29, 1.82) is 0 Å². The zero-order chi connectivity index (χ0) is 22.5. The normalized spacial score (nSPS) is 14.4. The van der Waals surface area contributed by atoms with Gasteiger partial charge in [0.1, 0.15) is 12.4 Å². The third-order valence-corrected chi connectivity index (χ3v) is 6.87. The molecule has 1 aliphatic heterocycles. The number of benzene rings is 3. The highest BCUT2D eigenvalue weighted by atomic mass is 79.9. The summed E-state index contributed by atoms with van der Waals surface area (Å²) in [4.78, 5) is 17.2. The van der Waals surface area contributed by atoms with E-state index in [1.807, 2.05) is 71.6 Å². The van der Waals surface area contributed by atoms with Gasteiger partial charge in [-0.2, -0.15) is 0 Å². The largest absolute Gasteiger partial charge is 0.488 e. The van der Waals surface area contributed by atoms with Gasteiger partial charge in [0.25, 0.3) is 5.91 Å². The number of amides is 1. The Morgan fingerprint density at radius 2 is 1.59 bits per heavy atom. The van der Waals surface area contributed by atoms with Crippen LogP contribution in [0.15, 0.2) is 71.2 Å². The van der Waals surface area contributed by atoms with Crippen LogP contribution in [0.4, 0.5) is 0 Å². The molecule has 4 nitrogen and oxygen atoms in total. The number of ether oxygens (including phenoxy) is 1. The fourth-order valence-corrected chi connectivity index (χ4v) is 4.63. The van der Waals surface area contributed by atoms with Gasteiger partial charge < -0.3 is 9.64 Å². The fraction of sp³-hybridized carbons (Fsp3) is 0.240. The molecule has 4 rings (SSSR count). The predicted octanol–water partition coefficient (Wildman–Crippen LogP) is 6.29. The molecule has 3 aromatic carbocycles. The van der Waals surface area contributed by atoms with E-state index in [1.165, 1.54) is 0 Å². The Morgan fingerprint density at radius 3 is 2.31 bits per heavy atom. The summed E-state index contributed by atoms with van der Waals surface area (Å²) in [5, 5.41) is 1.36. The molecule has 7 heteroatoms. The highest BCUT2D eigenvalue weighted by molar-refractivity contribution is 9.10. The summed E-state index contributed by atoms with van der Waals surface area (Å²) in [5.74, 6) is 0.821. The van der Waals surface area contributed by atoms with E-state index in [-0.39, 0.29) is 5.91 Å². The van der Waals surface area contributed by atoms with Crippen LogP contribution in [0.25, 0.3) is 0 Å². The summed E-state index contributed by atoms with van der Waals surface area (Å²) >= 11 is 16.1. The highest BCUT2D eigenvalue weighted by Gasteiger charge is 2.23. The molecule has 0 aromatic heterocycles. The Hall–Kier alpha value is -2.05. The van der Waals surface area contributed by atoms with E-state index in [1.54, 1.807) is 0 Å². The van der Waals surface area contributed by atoms with Crippen molar-refractivity contribution in [2.45, 2.75) is 13.2 Å². The van der Waals surface area contributed by atoms with E-state index in [9.17, 15) is 4.79 Å². The minimum absolute atomic E-state index is 0.0446. The van der Waals surface area contributed by atoms with E-state index in [2.05, 4.69) is 20.8 Å². The van der Waals surface area contributed by atoms with E-state index in [0.717, 1.165) is 34.4 Å². The minimum atomic E-state index is 0.0446. The van der Waals surface area contributed by atoms with Crippen LogP contribution >= 0.6 is 39.1 Å². The van der Waals surface area contributed by atoms with Crippen LogP contribution in [0.3, 0.4) is 0 Å². The zero-order valence-electron chi connectivity index (χ0n) is 17.4. The Labute approximate surface area is 206 Å². The molecule has 1 saturated heterocycles. The van der Waals surface area contributed by atoms with Crippen molar-refractivity contribution in [2.24, 2.45) is 0 Å². The lowest BCUT2D eigenvalue weighted by molar-refractivity contribution is 0.0628. The Bertz CT molecular complexity index is 1080. The molecule has 0 saturated carbocycles. The zero-order valence-corrected chi connectivity index (χ0v) is 20.5. The number of para-hydroxylation sites is 1. The van der Waals surface area contributed by atoms with E-state index >= 15 is 0 Å². The first-order chi connectivity index (χ1) is 15.5. The van der Waals surface area contributed by atoms with Gasteiger partial charge in [0.15, 0.2) is 0 Å². The molecule has 1 aliphatic rings. The van der Waals surface area contributed by atoms with Gasteiger partial charge in [0, 0.05) is 53.9 Å². The van der Waals surface area contributed by atoms with Crippen LogP contribution in [-0.2, 0) is 13.2 Å². The maximum absolute atomic E-state index is 13.1. The molecule has 0 aliphatic carbocycles. The topological polar surface area (TPSA) is 32.8 Å². The van der Waals surface area contributed by atoms with E-state index < -0.39 is 0 Å². The van der Waals surface area contributed by atoms with Crippen LogP contribution in [0, 0.1) is 0 Å². The van der Waals surface area contributed by atoms with Crippen LogP contribution in [-0.4, -0.2) is 41.9 Å². The van der Waals surface area contributed by atoms with Gasteiger partial charge >= 0.3 is 0 Å². The van der Waals surface area contributed by atoms with Crippen molar-refractivity contribution in [1.82, 2.24) is 9.80 Å². The third-order valence-electron chi connectivity index (χ3n) is 5.51. The molecule has 166 valence electrons. The van der Waals surface area contributed by atoms with Crippen molar-refractivity contribution >= 4 is 45.0 Å². The molecule has 1 heterocycles. The number of piperazine rings is 1. The van der Waals surface area contributed by atoms with Crippen LogP contribution < -0.4 is 4.74 Å². The average molecular weight is 534 g/mol. The first-order valence-electron chi connectivity index (χ1n) is 10.4. The second kappa shape index (κ2) is 10.7. The maximum Gasteiger partial charge on any atom is 0.253 e. The third kappa shape index (κ3) is 5.65. The SMILES string of the molecule is O=C(c1cccc(COc2ccccc2Br)c1)N1CCN(Cc2c(Cl)cccc2Cl)CC1. The number of carbonyl (C=O) groups excluding carboxylic acids is 1. The fourth-order valence-electron chi connectivity index (χ4n) is 3.72. The van der Waals surface area contributed by atoms with Crippen LogP contribution in [0.2, 0.25) is 10.0 Å². The molecule has 32 heavy (non-hydrogen) atoms. The molecular weight excluding hydrogens is 511 g/mol. The minimum Gasteiger partial charge on any atom is -0.488 e. The molecule has 1 fully saturated rings. The molecular formula is C25H23BrCl2N2O2. The van der Waals surface area contributed by atoms with E-state index in [0.29, 0.717) is 41.8 Å². The first-order valence-corrected chi connectivity index (χ1v) is 12.0. The van der Waals surface area contributed by atoms with Gasteiger partial charge in [-0.1, -0.05) is 53.5 Å². The van der Waals surface area contributed by atoms with Crippen molar-refractivity contribution < 1.29 is 9.53 Å². The summed E-state index contributed by atoms with van der Waals surface area (Å²) in [6.45, 7) is 3.96. The lowest BCUT2D eigenvalue weighted by Crippen LogP contribution is -2.48. The summed E-state index contributed by atoms with van der Waals surface area (Å²) in [6.07, 6.45) is 0. The quantitative estimate of drug-likeness (QED) is 0.373. The molecule has 0 bridgehead atoms. The maximum atomic E-state index is 13.1. The van der Waals surface area contributed by atoms with Gasteiger partial charge in [-0.25, -0.2) is 0 Å². The van der Waals surface area contributed by atoms with Gasteiger partial charge in [-0.15, -0.1) is 0 Å². The van der Waals surface area contributed by atoms with Crippen LogP contribution in [0.1, 0.15) is 21.5 Å². The molecule has 1 amide bonds. The first kappa shape index (κ1) is 23.1. The lowest BCUT2D eigenvalue weighted by atomic mass is 10.1. The smallest absolute Gasteiger partial charge is 0.253 e. The lowest BCUT2D eigenvalue weighted by Gasteiger charge is -2.35. The number of halogens is 3. The molecule has 3 aromatic rings. The van der Waals surface area contributed by atoms with Gasteiger partial charge in [0.05, 0.1) is 4.47 Å². The summed E-state index contributed by atoms with van der Waals surface area (Å²) in [6, 6.07) is 20.9. The summed E-state index contributed by atoms with van der Waals surface area (Å²) in [5.41, 5.74) is 2.58. The standard InChI is InChI=1S/C25H23BrCl2N2O2/c26-21-7-1-2-10-24(21)32-17-18-5-3-6-19(15-18)25(31)30-13-11-29(12-14-30)16-20-22(27)8-4-9-23(20)28/h1-10,15H,11-14,16-17H2. The Balaban J connectivity index is 1.34. The van der Waals surface area contributed by atoms with Crippen molar-refractivity contribution in [3.05, 3.63) is 97.9 Å². The molecule has 0 radical (unpaired) electrons. The number of hydrogen-bond acceptors (Lipinski definition) is 3. The number of hydrogen-bond donors (Lipinski definition) is 0. The van der Waals surface area contributed by atoms with Crippen molar-refractivity contribution in [3.8, 4) is 5.75 Å². The van der Waals surface area contributed by atoms with Crippen molar-refractivity contribution in [3.63, 3.8) is 0 Å². The number of rotatable bonds is 6. The Kier molecular flexibility index (Phi) is 7.74. The van der Waals surface area contributed by atoms with E-state index in [4.69, 9.17) is 27.9 Å². The number of carbonyl (C=O) groups is 1. The molecule has 0 N–H and O–H groups in total. The molecule has 0 atom stereocenters. The van der Waals surface area contributed by atoms with Crippen LogP contribution in [0.5, 0.6) is 5.75 Å². The van der Waals surface area contributed by atoms with Gasteiger partial charge in [-0.3, -0.25) is 9.69 Å². The highest BCUT2D eigenvalue weighted by Crippen LogP contribution is 2.27. The summed E-state index contributed by atoms with van der Waals surface area (Å²) in [7, 11) is 0. The second-order valence-corrected chi connectivity index (χ2v) is 9.36. The number of nitrogens with zero attached hydrogens (tertiary/aromatic N) is 2. The van der Waals surface area contributed by atoms with Gasteiger partial charge in [-0.05, 0) is 57.9 Å². The summed E-state index contributed by atoms with van der Waals surface area (Å²) < 4.78 is 6.80. The Morgan fingerprint density at radius 1 is 0.906 bits per heavy atom.